The standard InChI is InChI=1S/C16H19N3O3S/c1-11-8-19(9-16(22-11)5-3-7-21-10-16)15(20)14-18-12-4-2-6-17-13(12)23-14/h2,4,6,11H,3,5,7-10H2,1H3/t11-,16+/m0/s1. The molecule has 2 aliphatic rings. The lowest BCUT2D eigenvalue weighted by atomic mass is 9.93. The van der Waals surface area contributed by atoms with Gasteiger partial charge < -0.3 is 14.4 Å². The SMILES string of the molecule is C[C@H]1CN(C(=O)c2nc3cccnc3s2)C[C@@]2(CCCOC2)O1. The third kappa shape index (κ3) is 2.84. The summed E-state index contributed by atoms with van der Waals surface area (Å²) in [7, 11) is 0. The van der Waals surface area contributed by atoms with E-state index in [9.17, 15) is 4.79 Å². The molecule has 2 aliphatic heterocycles. The van der Waals surface area contributed by atoms with Crippen LogP contribution in [0.1, 0.15) is 29.6 Å². The molecule has 2 fully saturated rings. The zero-order valence-corrected chi connectivity index (χ0v) is 13.8. The molecule has 4 rings (SSSR count). The molecule has 1 amide bonds. The maximum Gasteiger partial charge on any atom is 0.283 e. The highest BCUT2D eigenvalue weighted by molar-refractivity contribution is 7.19. The summed E-state index contributed by atoms with van der Waals surface area (Å²) >= 11 is 1.35. The molecule has 0 N–H and O–H groups in total. The van der Waals surface area contributed by atoms with Gasteiger partial charge in [-0.05, 0) is 31.9 Å². The van der Waals surface area contributed by atoms with Crippen LogP contribution in [0.25, 0.3) is 10.3 Å². The predicted octanol–water partition coefficient (Wildman–Crippen LogP) is 2.10. The molecule has 122 valence electrons. The van der Waals surface area contributed by atoms with Crippen molar-refractivity contribution in [3.63, 3.8) is 0 Å². The van der Waals surface area contributed by atoms with Gasteiger partial charge in [0.1, 0.15) is 15.9 Å². The maximum atomic E-state index is 12.9. The Balaban J connectivity index is 1.59. The van der Waals surface area contributed by atoms with Gasteiger partial charge >= 0.3 is 0 Å². The van der Waals surface area contributed by atoms with Crippen molar-refractivity contribution in [2.45, 2.75) is 31.5 Å². The van der Waals surface area contributed by atoms with Gasteiger partial charge in [-0.2, -0.15) is 0 Å². The van der Waals surface area contributed by atoms with Crippen LogP contribution in [0.3, 0.4) is 0 Å². The quantitative estimate of drug-likeness (QED) is 0.800. The molecule has 0 bridgehead atoms. The Kier molecular flexibility index (Phi) is 3.79. The molecule has 2 saturated heterocycles. The van der Waals surface area contributed by atoms with Crippen molar-refractivity contribution in [3.05, 3.63) is 23.3 Å². The van der Waals surface area contributed by atoms with E-state index in [0.29, 0.717) is 24.7 Å². The number of aromatic nitrogens is 2. The van der Waals surface area contributed by atoms with Crippen LogP contribution in [0.5, 0.6) is 0 Å². The topological polar surface area (TPSA) is 64.6 Å². The molecule has 7 heteroatoms. The molecule has 0 radical (unpaired) electrons. The van der Waals surface area contributed by atoms with Crippen LogP contribution in [0, 0.1) is 0 Å². The highest BCUT2D eigenvalue weighted by Crippen LogP contribution is 2.31. The van der Waals surface area contributed by atoms with Crippen LogP contribution in [0.2, 0.25) is 0 Å². The fraction of sp³-hybridized carbons (Fsp3) is 0.562. The Morgan fingerprint density at radius 3 is 3.22 bits per heavy atom. The lowest BCUT2D eigenvalue weighted by Crippen LogP contribution is -2.59. The summed E-state index contributed by atoms with van der Waals surface area (Å²) in [6.07, 6.45) is 3.63. The summed E-state index contributed by atoms with van der Waals surface area (Å²) in [5.41, 5.74) is 0.415. The van der Waals surface area contributed by atoms with Gasteiger partial charge in [0.15, 0.2) is 5.01 Å². The second-order valence-corrected chi connectivity index (χ2v) is 7.28. The minimum Gasteiger partial charge on any atom is -0.378 e. The molecule has 0 unspecified atom stereocenters. The molecule has 0 saturated carbocycles. The van der Waals surface area contributed by atoms with Crippen LogP contribution >= 0.6 is 11.3 Å². The van der Waals surface area contributed by atoms with Gasteiger partial charge in [-0.15, -0.1) is 0 Å². The number of thiazole rings is 1. The molecular weight excluding hydrogens is 314 g/mol. The molecule has 23 heavy (non-hydrogen) atoms. The lowest BCUT2D eigenvalue weighted by molar-refractivity contribution is -0.188. The van der Waals surface area contributed by atoms with Gasteiger partial charge in [-0.3, -0.25) is 4.79 Å². The van der Waals surface area contributed by atoms with E-state index < -0.39 is 0 Å². The fourth-order valence-electron chi connectivity index (χ4n) is 3.42. The van der Waals surface area contributed by atoms with Crippen molar-refractivity contribution in [3.8, 4) is 0 Å². The number of hydrogen-bond acceptors (Lipinski definition) is 6. The van der Waals surface area contributed by atoms with Crippen LogP contribution in [0.4, 0.5) is 0 Å². The average molecular weight is 333 g/mol. The Bertz CT molecular complexity index is 693. The summed E-state index contributed by atoms with van der Waals surface area (Å²) in [6.45, 7) is 4.50. The summed E-state index contributed by atoms with van der Waals surface area (Å²) in [6, 6.07) is 3.72. The van der Waals surface area contributed by atoms with Gasteiger partial charge in [0.25, 0.3) is 5.91 Å². The number of fused-ring (bicyclic) bond motifs is 1. The van der Waals surface area contributed by atoms with E-state index in [1.54, 1.807) is 6.20 Å². The molecule has 2 aromatic heterocycles. The summed E-state index contributed by atoms with van der Waals surface area (Å²) in [5.74, 6) is -0.0342. The number of nitrogens with zero attached hydrogens (tertiary/aromatic N) is 3. The highest BCUT2D eigenvalue weighted by atomic mass is 32.1. The van der Waals surface area contributed by atoms with Crippen molar-refractivity contribution in [2.24, 2.45) is 0 Å². The van der Waals surface area contributed by atoms with Crippen LogP contribution in [0.15, 0.2) is 18.3 Å². The zero-order valence-electron chi connectivity index (χ0n) is 13.0. The first-order chi connectivity index (χ1) is 11.2. The number of amides is 1. The first-order valence-electron chi connectivity index (χ1n) is 7.92. The third-order valence-corrected chi connectivity index (χ3v) is 5.30. The lowest BCUT2D eigenvalue weighted by Gasteiger charge is -2.47. The van der Waals surface area contributed by atoms with Gasteiger partial charge in [0, 0.05) is 19.3 Å². The van der Waals surface area contributed by atoms with Gasteiger partial charge in [-0.25, -0.2) is 9.97 Å². The molecule has 2 aromatic rings. The third-order valence-electron chi connectivity index (χ3n) is 4.33. The second-order valence-electron chi connectivity index (χ2n) is 6.30. The fourth-order valence-corrected chi connectivity index (χ4v) is 4.30. The molecule has 0 aliphatic carbocycles. The second kappa shape index (κ2) is 5.81. The van der Waals surface area contributed by atoms with Crippen molar-refractivity contribution in [1.82, 2.24) is 14.9 Å². The molecular formula is C16H19N3O3S. The predicted molar refractivity (Wildman–Crippen MR) is 86.6 cm³/mol. The summed E-state index contributed by atoms with van der Waals surface area (Å²) < 4.78 is 11.7. The van der Waals surface area contributed by atoms with Gasteiger partial charge in [-0.1, -0.05) is 11.3 Å². The van der Waals surface area contributed by atoms with E-state index in [4.69, 9.17) is 9.47 Å². The van der Waals surface area contributed by atoms with E-state index >= 15 is 0 Å². The Morgan fingerprint density at radius 1 is 1.52 bits per heavy atom. The smallest absolute Gasteiger partial charge is 0.283 e. The van der Waals surface area contributed by atoms with Gasteiger partial charge in [0.05, 0.1) is 19.3 Å². The molecule has 0 aromatic carbocycles. The molecule has 1 spiro atoms. The van der Waals surface area contributed by atoms with Crippen LogP contribution < -0.4 is 0 Å². The Hall–Kier alpha value is -1.57. The summed E-state index contributed by atoms with van der Waals surface area (Å²) in [4.78, 5) is 24.3. The minimum atomic E-state index is -0.361. The van der Waals surface area contributed by atoms with Crippen molar-refractivity contribution in [2.75, 3.05) is 26.3 Å². The van der Waals surface area contributed by atoms with E-state index in [0.717, 1.165) is 29.8 Å². The minimum absolute atomic E-state index is 0.00176. The number of rotatable bonds is 1. The van der Waals surface area contributed by atoms with Gasteiger partial charge in [0.2, 0.25) is 0 Å². The zero-order chi connectivity index (χ0) is 15.9. The summed E-state index contributed by atoms with van der Waals surface area (Å²) in [5, 5.41) is 0.500. The largest absolute Gasteiger partial charge is 0.378 e. The Morgan fingerprint density at radius 2 is 2.43 bits per heavy atom. The van der Waals surface area contributed by atoms with E-state index in [1.807, 2.05) is 24.0 Å². The molecule has 4 heterocycles. The van der Waals surface area contributed by atoms with Crippen molar-refractivity contribution in [1.29, 1.82) is 0 Å². The number of pyridine rings is 1. The average Bonchev–Trinajstić information content (AvgIpc) is 2.98. The van der Waals surface area contributed by atoms with E-state index in [1.165, 1.54) is 11.3 Å². The normalized spacial score (nSPS) is 28.4. The van der Waals surface area contributed by atoms with E-state index in [-0.39, 0.29) is 17.6 Å². The van der Waals surface area contributed by atoms with Crippen LogP contribution in [-0.4, -0.2) is 58.8 Å². The monoisotopic (exact) mass is 333 g/mol. The first-order valence-corrected chi connectivity index (χ1v) is 8.73. The number of carbonyl (C=O) groups is 1. The maximum absolute atomic E-state index is 12.9. The van der Waals surface area contributed by atoms with Crippen molar-refractivity contribution >= 4 is 27.6 Å². The number of morpholine rings is 1. The molecule has 2 atom stereocenters. The van der Waals surface area contributed by atoms with E-state index in [2.05, 4.69) is 9.97 Å². The highest BCUT2D eigenvalue weighted by Gasteiger charge is 2.43. The first kappa shape index (κ1) is 15.0. The Labute approximate surface area is 138 Å². The number of ether oxygens (including phenoxy) is 2. The van der Waals surface area contributed by atoms with Crippen molar-refractivity contribution < 1.29 is 14.3 Å². The van der Waals surface area contributed by atoms with Crippen LogP contribution in [-0.2, 0) is 9.47 Å². The number of hydrogen-bond donors (Lipinski definition) is 0. The molecule has 6 nitrogen and oxygen atoms in total. The number of carbonyl (C=O) groups excluding carboxylic acids is 1.